The van der Waals surface area contributed by atoms with Crippen LogP contribution in [0.1, 0.15) is 107 Å². The number of aliphatic hydroxyl groups excluding tert-OH is 2. The fraction of sp³-hybridized carbons (Fsp3) is 0.509. The molecular weight excluding hydrogens is 945 g/mol. The summed E-state index contributed by atoms with van der Waals surface area (Å²) in [6.45, 7) is 10.0. The maximum absolute atomic E-state index is 14.3. The van der Waals surface area contributed by atoms with Crippen LogP contribution in [-0.4, -0.2) is 105 Å². The number of amides is 2. The molecule has 8 rings (SSSR count). The first-order valence-corrected chi connectivity index (χ1v) is 25.8. The lowest BCUT2D eigenvalue weighted by Crippen LogP contribution is -2.47. The van der Waals surface area contributed by atoms with Crippen molar-refractivity contribution in [1.82, 2.24) is 25.6 Å². The molecule has 0 saturated heterocycles. The molecule has 2 fully saturated rings. The van der Waals surface area contributed by atoms with E-state index in [0.717, 1.165) is 38.2 Å². The normalized spacial score (nSPS) is 32.6. The average Bonchev–Trinajstić information content (AvgIpc) is 3.96. The van der Waals surface area contributed by atoms with Crippen molar-refractivity contribution in [3.8, 4) is 11.5 Å². The Labute approximate surface area is 432 Å². The fourth-order valence-electron chi connectivity index (χ4n) is 12.5. The molecule has 3 aromatic rings. The molecule has 7 N–H and O–H groups in total. The second-order valence-electron chi connectivity index (χ2n) is 21.3. The minimum Gasteiger partial charge on any atom is -0.508 e. The number of hydrogen-bond donors (Lipinski definition) is 6. The van der Waals surface area contributed by atoms with E-state index in [4.69, 9.17) is 24.7 Å². The number of fused-ring (bicyclic) bond motifs is 7. The van der Waals surface area contributed by atoms with Crippen LogP contribution in [-0.2, 0) is 48.1 Å². The quantitative estimate of drug-likeness (QED) is 0.0883. The van der Waals surface area contributed by atoms with Crippen molar-refractivity contribution >= 4 is 23.6 Å². The van der Waals surface area contributed by atoms with Crippen LogP contribution in [0.25, 0.3) is 0 Å². The summed E-state index contributed by atoms with van der Waals surface area (Å²) in [4.78, 5) is 53.6. The number of phenols is 1. The lowest BCUT2D eigenvalue weighted by Gasteiger charge is -2.54. The summed E-state index contributed by atoms with van der Waals surface area (Å²) in [5.74, 6) is 0.00747. The van der Waals surface area contributed by atoms with Crippen molar-refractivity contribution in [2.75, 3.05) is 20.8 Å². The number of primary amides is 1. The van der Waals surface area contributed by atoms with Gasteiger partial charge in [-0.1, -0.05) is 68.5 Å². The van der Waals surface area contributed by atoms with E-state index in [1.54, 1.807) is 49.9 Å². The van der Waals surface area contributed by atoms with E-state index in [1.807, 2.05) is 31.2 Å². The van der Waals surface area contributed by atoms with Gasteiger partial charge < -0.3 is 50.6 Å². The van der Waals surface area contributed by atoms with Crippen LogP contribution in [0.5, 0.6) is 11.5 Å². The van der Waals surface area contributed by atoms with Gasteiger partial charge in [0.15, 0.2) is 6.10 Å². The highest BCUT2D eigenvalue weighted by Crippen LogP contribution is 2.65. The maximum atomic E-state index is 14.3. The van der Waals surface area contributed by atoms with E-state index in [0.29, 0.717) is 60.1 Å². The Hall–Kier alpha value is -6.40. The standard InChI is InChI=1S/C57H72N6O11/c1-31-23-42-51(46(65)27-45(53(42)68)60-55(69)32(2)9-8-10-47(71-6)54(74-56(58)70)34(4)25-33(3)52(67)48(24-31)72-7)59-29-37-30-63(62-61-37)21-22-73-39-15-11-35(12-16-39)43-28-57(5)44(19-20-49(57)66)41-17-13-36-26-38(64)14-18-40(36)50(41)43/h8-12,14-16,18,25-27,30-31,33,41,43-44,47-50,52,54,59,64,66-67H,13,17,19-24,28-29H2,1-7H3,(H2,58,70)(H,60,69)/b10-8-,32-9+,34-25+/t31-,33+,41+,43-,44+,47+,48+,49+,50-,52-,54+,57+/m1/s1. The van der Waals surface area contributed by atoms with E-state index < -0.39 is 53.9 Å². The van der Waals surface area contributed by atoms with Crippen molar-refractivity contribution < 1.29 is 53.4 Å². The average molecular weight is 1020 g/mol. The first-order chi connectivity index (χ1) is 35.4. The molecule has 2 aromatic carbocycles. The number of phenolic OH excluding ortho intramolecular Hbond substituents is 1. The number of methoxy groups -OCH3 is 2. The molecule has 1 aliphatic heterocycles. The highest BCUT2D eigenvalue weighted by Gasteiger charge is 2.57. The van der Waals surface area contributed by atoms with Crippen LogP contribution in [0.4, 0.5) is 4.79 Å². The number of hydrogen-bond acceptors (Lipinski definition) is 14. The fourth-order valence-corrected chi connectivity index (χ4v) is 12.5. The molecule has 4 aliphatic carbocycles. The number of aromatic hydroxyl groups is 1. The number of benzene rings is 2. The van der Waals surface area contributed by atoms with E-state index in [-0.39, 0.29) is 58.9 Å². The number of ether oxygens (including phenoxy) is 4. The summed E-state index contributed by atoms with van der Waals surface area (Å²) in [5.41, 5.74) is 10.4. The molecule has 17 nitrogen and oxygen atoms in total. The summed E-state index contributed by atoms with van der Waals surface area (Å²) in [5, 5.41) is 47.5. The molecule has 2 bridgehead atoms. The number of aliphatic hydroxyl groups is 2. The number of rotatable bonds is 11. The number of nitrogens with one attached hydrogen (secondary N) is 2. The number of carbonyl (C=O) groups is 4. The number of carbonyl (C=O) groups excluding carboxylic acids is 4. The zero-order valence-electron chi connectivity index (χ0n) is 43.5. The van der Waals surface area contributed by atoms with Crippen molar-refractivity contribution in [2.45, 2.75) is 135 Å². The van der Waals surface area contributed by atoms with Crippen LogP contribution in [0, 0.1) is 29.1 Å². The van der Waals surface area contributed by atoms with E-state index in [2.05, 4.69) is 46.1 Å². The summed E-state index contributed by atoms with van der Waals surface area (Å²) < 4.78 is 24.7. The van der Waals surface area contributed by atoms with Gasteiger partial charge >= 0.3 is 6.09 Å². The number of aromatic nitrogens is 3. The molecule has 1 aromatic heterocycles. The molecule has 2 heterocycles. The molecule has 0 unspecified atom stereocenters. The number of nitrogens with two attached hydrogens (primary N) is 1. The smallest absolute Gasteiger partial charge is 0.405 e. The molecule has 0 radical (unpaired) electrons. The number of ketones is 2. The van der Waals surface area contributed by atoms with Gasteiger partial charge in [0, 0.05) is 37.4 Å². The molecule has 17 heteroatoms. The van der Waals surface area contributed by atoms with Crippen molar-refractivity contribution in [1.29, 1.82) is 0 Å². The third-order valence-corrected chi connectivity index (χ3v) is 16.4. The lowest BCUT2D eigenvalue weighted by molar-refractivity contribution is -0.120. The summed E-state index contributed by atoms with van der Waals surface area (Å²) in [7, 11) is 2.92. The van der Waals surface area contributed by atoms with E-state index in [1.165, 1.54) is 37.0 Å². The highest BCUT2D eigenvalue weighted by atomic mass is 16.6. The molecule has 2 saturated carbocycles. The highest BCUT2D eigenvalue weighted by molar-refractivity contribution is 6.23. The zero-order chi connectivity index (χ0) is 53.0. The van der Waals surface area contributed by atoms with Gasteiger partial charge in [-0.25, -0.2) is 9.48 Å². The van der Waals surface area contributed by atoms with Gasteiger partial charge in [0.2, 0.25) is 11.6 Å². The number of nitrogens with zero attached hydrogens (tertiary/aromatic N) is 3. The minimum atomic E-state index is -1.03. The number of allylic oxidation sites excluding steroid dienone is 4. The third kappa shape index (κ3) is 11.6. The van der Waals surface area contributed by atoms with Gasteiger partial charge in [0.25, 0.3) is 5.91 Å². The predicted molar refractivity (Wildman–Crippen MR) is 275 cm³/mol. The van der Waals surface area contributed by atoms with Crippen molar-refractivity contribution in [2.24, 2.45) is 34.8 Å². The SMILES string of the molecule is CO[C@H]1/C=C\C=C(/C)C(=O)NC2=CC(=O)C(NCc3cn(CCOc4ccc([C@H]5C[C@]6(C)[C@@H](O)CC[C@H]6[C@@H]6CCc7cc(O)ccc7[C@H]65)cc4)nn3)=C(C[C@@H](C)C[C@H](OC)[C@H](O)[C@@H](C)/C=C(\C)[C@@H]1OC(N)=O)C2=O. The second-order valence-corrected chi connectivity index (χ2v) is 21.3. The lowest BCUT2D eigenvalue weighted by atomic mass is 9.51. The maximum Gasteiger partial charge on any atom is 0.405 e. The first-order valence-electron chi connectivity index (χ1n) is 25.8. The molecular formula is C57H72N6O11. The summed E-state index contributed by atoms with van der Waals surface area (Å²) in [6, 6.07) is 14.2. The second kappa shape index (κ2) is 23.0. The largest absolute Gasteiger partial charge is 0.508 e. The Bertz CT molecular complexity index is 2740. The minimum absolute atomic E-state index is 0.0648. The molecule has 12 atom stereocenters. The summed E-state index contributed by atoms with van der Waals surface area (Å²) in [6.07, 6.45) is 9.58. The van der Waals surface area contributed by atoms with Crippen LogP contribution in [0.3, 0.4) is 0 Å². The zero-order valence-corrected chi connectivity index (χ0v) is 43.5. The van der Waals surface area contributed by atoms with E-state index >= 15 is 0 Å². The Balaban J connectivity index is 0.941. The molecule has 2 amide bonds. The number of aryl methyl sites for hydroxylation is 1. The third-order valence-electron chi connectivity index (χ3n) is 16.4. The monoisotopic (exact) mass is 1020 g/mol. The van der Waals surface area contributed by atoms with Crippen LogP contribution in [0.15, 0.2) is 107 Å². The van der Waals surface area contributed by atoms with Gasteiger partial charge in [-0.3, -0.25) is 14.4 Å². The Kier molecular flexibility index (Phi) is 16.8. The van der Waals surface area contributed by atoms with Crippen molar-refractivity contribution in [3.63, 3.8) is 0 Å². The first kappa shape index (κ1) is 53.9. The van der Waals surface area contributed by atoms with E-state index in [9.17, 15) is 34.5 Å². The Morgan fingerprint density at radius 3 is 2.53 bits per heavy atom. The van der Waals surface area contributed by atoms with Crippen LogP contribution >= 0.6 is 0 Å². The topological polar surface area (TPSA) is 247 Å². The van der Waals surface area contributed by atoms with Gasteiger partial charge in [-0.05, 0) is 140 Å². The van der Waals surface area contributed by atoms with Gasteiger partial charge in [-0.15, -0.1) is 5.10 Å². The molecule has 5 aliphatic rings. The Morgan fingerprint density at radius 2 is 1.80 bits per heavy atom. The predicted octanol–water partition coefficient (Wildman–Crippen LogP) is 6.54. The molecule has 0 spiro atoms. The molecule has 396 valence electrons. The number of Topliss-reactive ketones (excluding diaryl/α,β-unsaturated/α-hetero) is 1. The van der Waals surface area contributed by atoms with Crippen LogP contribution < -0.4 is 21.1 Å². The summed E-state index contributed by atoms with van der Waals surface area (Å²) >= 11 is 0. The molecule has 74 heavy (non-hydrogen) atoms. The van der Waals surface area contributed by atoms with Gasteiger partial charge in [0.1, 0.15) is 29.9 Å². The van der Waals surface area contributed by atoms with Gasteiger partial charge in [-0.2, -0.15) is 0 Å². The van der Waals surface area contributed by atoms with Gasteiger partial charge in [0.05, 0.1) is 49.0 Å². The van der Waals surface area contributed by atoms with Crippen molar-refractivity contribution in [3.05, 3.63) is 130 Å². The van der Waals surface area contributed by atoms with Crippen LogP contribution in [0.2, 0.25) is 0 Å². The Morgan fingerprint density at radius 1 is 1.03 bits per heavy atom.